The summed E-state index contributed by atoms with van der Waals surface area (Å²) in [5.74, 6) is -2.41. The van der Waals surface area contributed by atoms with Crippen molar-refractivity contribution in [3.63, 3.8) is 0 Å². The highest BCUT2D eigenvalue weighted by Crippen LogP contribution is 2.43. The molecule has 0 aliphatic heterocycles. The topological polar surface area (TPSA) is 52.6 Å². The standard InChI is InChI=1S/C20H32F2O4/c1-3-16(21)18(23)25-20(26-19(24)17(22)4-2)12-10-15(11-13-20)14-8-6-5-7-9-14/h14-17H,3-13H2,1-2H3/t16-,17-/m0/s1. The third kappa shape index (κ3) is 5.40. The molecule has 0 aromatic carbocycles. The minimum absolute atomic E-state index is 0.00570. The van der Waals surface area contributed by atoms with Gasteiger partial charge < -0.3 is 9.47 Å². The molecule has 150 valence electrons. The predicted molar refractivity (Wildman–Crippen MR) is 93.8 cm³/mol. The van der Waals surface area contributed by atoms with Gasteiger partial charge in [-0.2, -0.15) is 0 Å². The van der Waals surface area contributed by atoms with Crippen molar-refractivity contribution in [2.75, 3.05) is 0 Å². The summed E-state index contributed by atoms with van der Waals surface area (Å²) in [6.45, 7) is 3.08. The first kappa shape index (κ1) is 21.1. The second kappa shape index (κ2) is 9.65. The Morgan fingerprint density at radius 3 is 1.69 bits per heavy atom. The summed E-state index contributed by atoms with van der Waals surface area (Å²) in [6, 6.07) is 0. The van der Waals surface area contributed by atoms with E-state index in [1.54, 1.807) is 13.8 Å². The summed E-state index contributed by atoms with van der Waals surface area (Å²) >= 11 is 0. The SMILES string of the molecule is CC[C@H](F)C(=O)OC1(OC(=O)[C@@H](F)CC)CCC(C2CCCCC2)CC1. The summed E-state index contributed by atoms with van der Waals surface area (Å²) in [7, 11) is 0. The zero-order valence-electron chi connectivity index (χ0n) is 16.0. The van der Waals surface area contributed by atoms with E-state index in [0.29, 0.717) is 24.7 Å². The molecule has 4 nitrogen and oxygen atoms in total. The third-order valence-corrected chi connectivity index (χ3v) is 5.91. The van der Waals surface area contributed by atoms with Gasteiger partial charge in [0.15, 0.2) is 12.3 Å². The lowest BCUT2D eigenvalue weighted by Gasteiger charge is -2.41. The Morgan fingerprint density at radius 2 is 1.27 bits per heavy atom. The van der Waals surface area contributed by atoms with Gasteiger partial charge in [0.2, 0.25) is 0 Å². The molecule has 2 fully saturated rings. The fourth-order valence-corrected chi connectivity index (χ4v) is 4.21. The van der Waals surface area contributed by atoms with Crippen LogP contribution in [0, 0.1) is 11.8 Å². The highest BCUT2D eigenvalue weighted by Gasteiger charge is 2.45. The molecule has 0 spiro atoms. The van der Waals surface area contributed by atoms with Crippen molar-refractivity contribution in [2.24, 2.45) is 11.8 Å². The largest absolute Gasteiger partial charge is 0.420 e. The first-order valence-corrected chi connectivity index (χ1v) is 10.1. The van der Waals surface area contributed by atoms with Gasteiger partial charge in [-0.3, -0.25) is 0 Å². The van der Waals surface area contributed by atoms with Crippen molar-refractivity contribution in [3.05, 3.63) is 0 Å². The van der Waals surface area contributed by atoms with Crippen molar-refractivity contribution in [2.45, 2.75) is 103 Å². The van der Waals surface area contributed by atoms with Gasteiger partial charge in [-0.25, -0.2) is 18.4 Å². The Labute approximate surface area is 155 Å². The average molecular weight is 374 g/mol. The van der Waals surface area contributed by atoms with Crippen molar-refractivity contribution >= 4 is 11.9 Å². The van der Waals surface area contributed by atoms with Crippen LogP contribution in [0.1, 0.15) is 84.5 Å². The van der Waals surface area contributed by atoms with E-state index in [1.807, 2.05) is 0 Å². The quantitative estimate of drug-likeness (QED) is 0.463. The van der Waals surface area contributed by atoms with Crippen molar-refractivity contribution in [3.8, 4) is 0 Å². The highest BCUT2D eigenvalue weighted by atomic mass is 19.1. The number of esters is 2. The normalized spacial score (nSPS) is 23.8. The van der Waals surface area contributed by atoms with E-state index in [-0.39, 0.29) is 12.8 Å². The number of halogens is 2. The molecule has 0 aromatic heterocycles. The molecule has 26 heavy (non-hydrogen) atoms. The molecule has 0 heterocycles. The van der Waals surface area contributed by atoms with E-state index in [4.69, 9.17) is 9.47 Å². The molecule has 0 radical (unpaired) electrons. The second-order valence-corrected chi connectivity index (χ2v) is 7.74. The van der Waals surface area contributed by atoms with Crippen LogP contribution in [0.5, 0.6) is 0 Å². The van der Waals surface area contributed by atoms with Gasteiger partial charge in [-0.1, -0.05) is 46.0 Å². The van der Waals surface area contributed by atoms with E-state index in [0.717, 1.165) is 12.8 Å². The van der Waals surface area contributed by atoms with Crippen molar-refractivity contribution < 1.29 is 27.8 Å². The van der Waals surface area contributed by atoms with Gasteiger partial charge in [-0.05, 0) is 37.5 Å². The van der Waals surface area contributed by atoms with Gasteiger partial charge in [0.1, 0.15) is 0 Å². The van der Waals surface area contributed by atoms with Gasteiger partial charge in [0.05, 0.1) is 0 Å². The fourth-order valence-electron chi connectivity index (χ4n) is 4.21. The first-order valence-electron chi connectivity index (χ1n) is 10.1. The van der Waals surface area contributed by atoms with Gasteiger partial charge in [0, 0.05) is 12.8 Å². The maximum Gasteiger partial charge on any atom is 0.343 e. The number of hydrogen-bond donors (Lipinski definition) is 0. The Balaban J connectivity index is 2.04. The number of carbonyl (C=O) groups excluding carboxylic acids is 2. The molecule has 0 unspecified atom stereocenters. The molecule has 0 amide bonds. The Kier molecular flexibility index (Phi) is 7.84. The molecule has 6 heteroatoms. The second-order valence-electron chi connectivity index (χ2n) is 7.74. The lowest BCUT2D eigenvalue weighted by atomic mass is 9.72. The monoisotopic (exact) mass is 374 g/mol. The van der Waals surface area contributed by atoms with Crippen molar-refractivity contribution in [1.82, 2.24) is 0 Å². The third-order valence-electron chi connectivity index (χ3n) is 5.91. The zero-order chi connectivity index (χ0) is 19.2. The van der Waals surface area contributed by atoms with Gasteiger partial charge in [0.25, 0.3) is 5.79 Å². The zero-order valence-corrected chi connectivity index (χ0v) is 16.0. The molecule has 2 rings (SSSR count). The molecular weight excluding hydrogens is 342 g/mol. The van der Waals surface area contributed by atoms with Crippen LogP contribution in [0.2, 0.25) is 0 Å². The lowest BCUT2D eigenvalue weighted by molar-refractivity contribution is -0.248. The summed E-state index contributed by atoms with van der Waals surface area (Å²) in [5, 5.41) is 0. The number of hydrogen-bond acceptors (Lipinski definition) is 4. The predicted octanol–water partition coefficient (Wildman–Crippen LogP) is 5.04. The van der Waals surface area contributed by atoms with Crippen LogP contribution in [-0.4, -0.2) is 30.1 Å². The number of rotatable bonds is 7. The Bertz CT molecular complexity index is 442. The van der Waals surface area contributed by atoms with E-state index in [9.17, 15) is 18.4 Å². The smallest absolute Gasteiger partial charge is 0.343 e. The van der Waals surface area contributed by atoms with E-state index >= 15 is 0 Å². The maximum absolute atomic E-state index is 13.7. The molecular formula is C20H32F2O4. The molecule has 0 N–H and O–H groups in total. The van der Waals surface area contributed by atoms with Gasteiger partial charge in [-0.15, -0.1) is 0 Å². The average Bonchev–Trinajstić information content (AvgIpc) is 2.67. The lowest BCUT2D eigenvalue weighted by Crippen LogP contribution is -2.47. The summed E-state index contributed by atoms with van der Waals surface area (Å²) in [5.41, 5.74) is 0. The first-order chi connectivity index (χ1) is 12.4. The number of ether oxygens (including phenoxy) is 2. The summed E-state index contributed by atoms with van der Waals surface area (Å²) in [6.07, 6.45) is 4.81. The molecule has 0 saturated heterocycles. The maximum atomic E-state index is 13.7. The molecule has 2 saturated carbocycles. The highest BCUT2D eigenvalue weighted by molar-refractivity contribution is 5.77. The number of alkyl halides is 2. The minimum Gasteiger partial charge on any atom is -0.420 e. The fraction of sp³-hybridized carbons (Fsp3) is 0.900. The van der Waals surface area contributed by atoms with Crippen LogP contribution in [0.3, 0.4) is 0 Å². The molecule has 2 aliphatic rings. The minimum atomic E-state index is -1.76. The van der Waals surface area contributed by atoms with Crippen LogP contribution in [0.15, 0.2) is 0 Å². The van der Waals surface area contributed by atoms with E-state index in [2.05, 4.69) is 0 Å². The van der Waals surface area contributed by atoms with Crippen LogP contribution in [0.25, 0.3) is 0 Å². The summed E-state index contributed by atoms with van der Waals surface area (Å²) in [4.78, 5) is 23.9. The molecule has 0 aromatic rings. The van der Waals surface area contributed by atoms with Crippen LogP contribution >= 0.6 is 0 Å². The Hall–Kier alpha value is -1.20. The molecule has 0 bridgehead atoms. The van der Waals surface area contributed by atoms with E-state index < -0.39 is 30.1 Å². The van der Waals surface area contributed by atoms with E-state index in [1.165, 1.54) is 32.1 Å². The van der Waals surface area contributed by atoms with Crippen LogP contribution < -0.4 is 0 Å². The van der Waals surface area contributed by atoms with Crippen LogP contribution in [0.4, 0.5) is 8.78 Å². The summed E-state index contributed by atoms with van der Waals surface area (Å²) < 4.78 is 38.0. The Morgan fingerprint density at radius 1 is 0.846 bits per heavy atom. The van der Waals surface area contributed by atoms with Crippen LogP contribution in [-0.2, 0) is 19.1 Å². The molecule has 2 aliphatic carbocycles. The van der Waals surface area contributed by atoms with Crippen molar-refractivity contribution in [1.29, 1.82) is 0 Å². The number of carbonyl (C=O) groups is 2. The molecule has 2 atom stereocenters. The van der Waals surface area contributed by atoms with Gasteiger partial charge >= 0.3 is 11.9 Å².